The SMILES string of the molecule is NCc1ccc(C(F)(F)F)nc1NC1CCCC1. The van der Waals surface area contributed by atoms with Crippen LogP contribution in [-0.4, -0.2) is 11.0 Å². The van der Waals surface area contributed by atoms with Crippen LogP contribution in [0.25, 0.3) is 0 Å². The van der Waals surface area contributed by atoms with Gasteiger partial charge in [-0.1, -0.05) is 18.9 Å². The molecule has 2 rings (SSSR count). The Morgan fingerprint density at radius 1 is 1.28 bits per heavy atom. The molecule has 1 aromatic heterocycles. The van der Waals surface area contributed by atoms with Crippen molar-refractivity contribution in [3.05, 3.63) is 23.4 Å². The van der Waals surface area contributed by atoms with Gasteiger partial charge in [0.1, 0.15) is 11.5 Å². The lowest BCUT2D eigenvalue weighted by molar-refractivity contribution is -0.141. The Morgan fingerprint density at radius 2 is 1.94 bits per heavy atom. The van der Waals surface area contributed by atoms with Gasteiger partial charge in [0, 0.05) is 18.2 Å². The third-order valence-corrected chi connectivity index (χ3v) is 3.19. The summed E-state index contributed by atoms with van der Waals surface area (Å²) in [6.07, 6.45) is -0.258. The van der Waals surface area contributed by atoms with Gasteiger partial charge in [0.05, 0.1) is 0 Å². The lowest BCUT2D eigenvalue weighted by Crippen LogP contribution is -2.19. The molecule has 0 amide bonds. The van der Waals surface area contributed by atoms with Gasteiger partial charge in [0.25, 0.3) is 0 Å². The lowest BCUT2D eigenvalue weighted by Gasteiger charge is -2.17. The van der Waals surface area contributed by atoms with Crippen molar-refractivity contribution in [2.45, 2.75) is 44.4 Å². The fraction of sp³-hybridized carbons (Fsp3) is 0.583. The maximum absolute atomic E-state index is 12.6. The molecule has 0 bridgehead atoms. The summed E-state index contributed by atoms with van der Waals surface area (Å²) >= 11 is 0. The van der Waals surface area contributed by atoms with Gasteiger partial charge in [-0.25, -0.2) is 4.98 Å². The number of halogens is 3. The first-order chi connectivity index (χ1) is 8.50. The Hall–Kier alpha value is -1.30. The molecular weight excluding hydrogens is 243 g/mol. The van der Waals surface area contributed by atoms with Crippen molar-refractivity contribution in [1.82, 2.24) is 4.98 Å². The summed E-state index contributed by atoms with van der Waals surface area (Å²) in [6, 6.07) is 2.58. The molecule has 1 fully saturated rings. The number of aromatic nitrogens is 1. The van der Waals surface area contributed by atoms with Gasteiger partial charge in [0.15, 0.2) is 0 Å². The highest BCUT2D eigenvalue weighted by Crippen LogP contribution is 2.30. The average molecular weight is 259 g/mol. The molecule has 3 nitrogen and oxygen atoms in total. The van der Waals surface area contributed by atoms with Crippen molar-refractivity contribution in [2.24, 2.45) is 5.73 Å². The molecule has 0 aliphatic heterocycles. The van der Waals surface area contributed by atoms with Crippen LogP contribution in [0.5, 0.6) is 0 Å². The van der Waals surface area contributed by atoms with E-state index in [9.17, 15) is 13.2 Å². The van der Waals surface area contributed by atoms with Crippen LogP contribution in [-0.2, 0) is 12.7 Å². The number of rotatable bonds is 3. The highest BCUT2D eigenvalue weighted by molar-refractivity contribution is 5.46. The van der Waals surface area contributed by atoms with E-state index in [4.69, 9.17) is 5.73 Å². The molecule has 1 aliphatic rings. The minimum atomic E-state index is -4.42. The van der Waals surface area contributed by atoms with E-state index < -0.39 is 11.9 Å². The zero-order valence-corrected chi connectivity index (χ0v) is 9.93. The van der Waals surface area contributed by atoms with Gasteiger partial charge < -0.3 is 11.1 Å². The highest BCUT2D eigenvalue weighted by Gasteiger charge is 2.33. The molecule has 100 valence electrons. The third kappa shape index (κ3) is 2.93. The highest BCUT2D eigenvalue weighted by atomic mass is 19.4. The Morgan fingerprint density at radius 3 is 2.50 bits per heavy atom. The molecule has 0 radical (unpaired) electrons. The maximum atomic E-state index is 12.6. The van der Waals surface area contributed by atoms with Crippen molar-refractivity contribution in [3.63, 3.8) is 0 Å². The number of alkyl halides is 3. The summed E-state index contributed by atoms with van der Waals surface area (Å²) < 4.78 is 37.8. The van der Waals surface area contributed by atoms with Crippen molar-refractivity contribution in [3.8, 4) is 0 Å². The second-order valence-corrected chi connectivity index (χ2v) is 4.53. The third-order valence-electron chi connectivity index (χ3n) is 3.19. The minimum Gasteiger partial charge on any atom is -0.367 e. The van der Waals surface area contributed by atoms with E-state index in [1.165, 1.54) is 6.07 Å². The Labute approximate surface area is 104 Å². The Balaban J connectivity index is 2.24. The zero-order chi connectivity index (χ0) is 13.2. The zero-order valence-electron chi connectivity index (χ0n) is 9.93. The number of pyridine rings is 1. The first kappa shape index (κ1) is 13.1. The summed E-state index contributed by atoms with van der Waals surface area (Å²) in [5.41, 5.74) is 5.27. The maximum Gasteiger partial charge on any atom is 0.433 e. The van der Waals surface area contributed by atoms with Crippen LogP contribution in [0, 0.1) is 0 Å². The van der Waals surface area contributed by atoms with Gasteiger partial charge >= 0.3 is 6.18 Å². The predicted octanol–water partition coefficient (Wildman–Crippen LogP) is 2.91. The van der Waals surface area contributed by atoms with E-state index in [0.29, 0.717) is 5.56 Å². The van der Waals surface area contributed by atoms with E-state index in [2.05, 4.69) is 10.3 Å². The van der Waals surface area contributed by atoms with E-state index in [1.807, 2.05) is 0 Å². The number of hydrogen-bond donors (Lipinski definition) is 2. The first-order valence-electron chi connectivity index (χ1n) is 6.04. The number of nitrogens with two attached hydrogens (primary N) is 1. The smallest absolute Gasteiger partial charge is 0.367 e. The first-order valence-corrected chi connectivity index (χ1v) is 6.04. The van der Waals surface area contributed by atoms with Crippen molar-refractivity contribution < 1.29 is 13.2 Å². The topological polar surface area (TPSA) is 50.9 Å². The minimum absolute atomic E-state index is 0.181. The van der Waals surface area contributed by atoms with Crippen molar-refractivity contribution in [2.75, 3.05) is 5.32 Å². The fourth-order valence-electron chi connectivity index (χ4n) is 2.20. The molecule has 1 aliphatic carbocycles. The van der Waals surface area contributed by atoms with Crippen molar-refractivity contribution in [1.29, 1.82) is 0 Å². The molecule has 0 saturated heterocycles. The monoisotopic (exact) mass is 259 g/mol. The van der Waals surface area contributed by atoms with Crippen LogP contribution < -0.4 is 11.1 Å². The van der Waals surface area contributed by atoms with Gasteiger partial charge in [0.2, 0.25) is 0 Å². The van der Waals surface area contributed by atoms with E-state index in [-0.39, 0.29) is 18.4 Å². The normalized spacial score (nSPS) is 17.1. The molecule has 1 heterocycles. The second kappa shape index (κ2) is 5.14. The van der Waals surface area contributed by atoms with Crippen LogP contribution in [0.15, 0.2) is 12.1 Å². The molecule has 6 heteroatoms. The van der Waals surface area contributed by atoms with Gasteiger partial charge in [-0.3, -0.25) is 0 Å². The largest absolute Gasteiger partial charge is 0.433 e. The number of nitrogens with one attached hydrogen (secondary N) is 1. The van der Waals surface area contributed by atoms with E-state index in [0.717, 1.165) is 31.7 Å². The van der Waals surface area contributed by atoms with E-state index >= 15 is 0 Å². The van der Waals surface area contributed by atoms with Crippen LogP contribution in [0.4, 0.5) is 19.0 Å². The number of hydrogen-bond acceptors (Lipinski definition) is 3. The van der Waals surface area contributed by atoms with Crippen molar-refractivity contribution >= 4 is 5.82 Å². The summed E-state index contributed by atoms with van der Waals surface area (Å²) in [7, 11) is 0. The quantitative estimate of drug-likeness (QED) is 0.877. The summed E-state index contributed by atoms with van der Waals surface area (Å²) in [4.78, 5) is 3.66. The molecule has 0 spiro atoms. The molecule has 0 atom stereocenters. The molecular formula is C12H16F3N3. The predicted molar refractivity (Wildman–Crippen MR) is 63.0 cm³/mol. The van der Waals surface area contributed by atoms with Gasteiger partial charge in [-0.2, -0.15) is 13.2 Å². The van der Waals surface area contributed by atoms with E-state index in [1.54, 1.807) is 0 Å². The standard InChI is InChI=1S/C12H16F3N3/c13-12(14,15)10-6-5-8(7-16)11(18-10)17-9-3-1-2-4-9/h5-6,9H,1-4,7,16H2,(H,17,18). The molecule has 1 aromatic rings. The number of nitrogens with zero attached hydrogens (tertiary/aromatic N) is 1. The average Bonchev–Trinajstić information content (AvgIpc) is 2.80. The van der Waals surface area contributed by atoms with Crippen LogP contribution in [0.3, 0.4) is 0 Å². The summed E-state index contributed by atoms with van der Waals surface area (Å²) in [6.45, 7) is 0.181. The van der Waals surface area contributed by atoms with Gasteiger partial charge in [-0.05, 0) is 18.9 Å². The molecule has 3 N–H and O–H groups in total. The summed E-state index contributed by atoms with van der Waals surface area (Å²) in [5, 5.41) is 3.08. The Bertz CT molecular complexity index is 412. The van der Waals surface area contributed by atoms with Gasteiger partial charge in [-0.15, -0.1) is 0 Å². The second-order valence-electron chi connectivity index (χ2n) is 4.53. The fourth-order valence-corrected chi connectivity index (χ4v) is 2.20. The van der Waals surface area contributed by atoms with Crippen LogP contribution in [0.1, 0.15) is 36.9 Å². The lowest BCUT2D eigenvalue weighted by atomic mass is 10.2. The molecule has 1 saturated carbocycles. The summed E-state index contributed by atoms with van der Waals surface area (Å²) in [5.74, 6) is 0.277. The molecule has 0 aromatic carbocycles. The molecule has 0 unspecified atom stereocenters. The number of anilines is 1. The van der Waals surface area contributed by atoms with Crippen LogP contribution in [0.2, 0.25) is 0 Å². The van der Waals surface area contributed by atoms with Crippen LogP contribution >= 0.6 is 0 Å². The molecule has 18 heavy (non-hydrogen) atoms. The Kier molecular flexibility index (Phi) is 3.75.